The van der Waals surface area contributed by atoms with Crippen molar-refractivity contribution in [1.82, 2.24) is 29.8 Å². The zero-order valence-corrected chi connectivity index (χ0v) is 19.2. The van der Waals surface area contributed by atoms with Gasteiger partial charge in [-0.2, -0.15) is 5.21 Å². The molecule has 0 radical (unpaired) electrons. The lowest BCUT2D eigenvalue weighted by Crippen LogP contribution is -2.25. The highest BCUT2D eigenvalue weighted by molar-refractivity contribution is 5.80. The Balaban J connectivity index is 1.47. The van der Waals surface area contributed by atoms with Gasteiger partial charge in [-0.05, 0) is 46.4 Å². The van der Waals surface area contributed by atoms with Gasteiger partial charge in [-0.25, -0.2) is 4.79 Å². The lowest BCUT2D eigenvalue weighted by molar-refractivity contribution is 0.597. The van der Waals surface area contributed by atoms with E-state index in [4.69, 9.17) is 0 Å². The van der Waals surface area contributed by atoms with Crippen molar-refractivity contribution < 1.29 is 0 Å². The maximum absolute atomic E-state index is 13.3. The first-order chi connectivity index (χ1) is 16.6. The lowest BCUT2D eigenvalue weighted by Gasteiger charge is -2.11. The number of hydrogen-bond donors (Lipinski definition) is 1. The number of benzene rings is 3. The SMILES string of the molecule is CC(C)Cc1cn(-c2ccccc2)c(=O)n1Cc1ccc(-c2ccccc2-c2nn[nH]n2)cc1. The molecule has 0 aliphatic rings. The van der Waals surface area contributed by atoms with Crippen molar-refractivity contribution in [3.63, 3.8) is 0 Å². The normalized spacial score (nSPS) is 11.3. The van der Waals surface area contributed by atoms with Gasteiger partial charge in [-0.1, -0.05) is 80.6 Å². The van der Waals surface area contributed by atoms with E-state index in [1.165, 1.54) is 0 Å². The van der Waals surface area contributed by atoms with Crippen LogP contribution in [0, 0.1) is 5.92 Å². The zero-order chi connectivity index (χ0) is 23.5. The number of H-pyrrole nitrogens is 1. The lowest BCUT2D eigenvalue weighted by atomic mass is 9.98. The third-order valence-corrected chi connectivity index (χ3v) is 5.83. The van der Waals surface area contributed by atoms with Gasteiger partial charge in [0.25, 0.3) is 0 Å². The van der Waals surface area contributed by atoms with E-state index in [9.17, 15) is 4.79 Å². The second-order valence-corrected chi connectivity index (χ2v) is 8.77. The molecule has 0 atom stereocenters. The van der Waals surface area contributed by atoms with E-state index in [-0.39, 0.29) is 5.69 Å². The molecule has 170 valence electrons. The van der Waals surface area contributed by atoms with Gasteiger partial charge in [-0.3, -0.25) is 9.13 Å². The van der Waals surface area contributed by atoms with Crippen molar-refractivity contribution >= 4 is 0 Å². The van der Waals surface area contributed by atoms with Crippen LogP contribution < -0.4 is 5.69 Å². The predicted molar refractivity (Wildman–Crippen MR) is 133 cm³/mol. The van der Waals surface area contributed by atoms with E-state index in [1.54, 1.807) is 4.57 Å². The number of nitrogens with zero attached hydrogens (tertiary/aromatic N) is 5. The molecule has 0 amide bonds. The van der Waals surface area contributed by atoms with Crippen molar-refractivity contribution in [3.05, 3.63) is 107 Å². The number of imidazole rings is 1. The summed E-state index contributed by atoms with van der Waals surface area (Å²) >= 11 is 0. The summed E-state index contributed by atoms with van der Waals surface area (Å²) in [5.74, 6) is 1.01. The van der Waals surface area contributed by atoms with Crippen LogP contribution in [0.25, 0.3) is 28.2 Å². The molecule has 0 aliphatic carbocycles. The average molecular weight is 451 g/mol. The van der Waals surface area contributed by atoms with Gasteiger partial charge in [0.1, 0.15) is 0 Å². The molecule has 7 heteroatoms. The van der Waals surface area contributed by atoms with Gasteiger partial charge in [0, 0.05) is 17.5 Å². The first-order valence-corrected chi connectivity index (χ1v) is 11.4. The fraction of sp³-hybridized carbons (Fsp3) is 0.185. The van der Waals surface area contributed by atoms with E-state index < -0.39 is 0 Å². The smallest absolute Gasteiger partial charge is 0.292 e. The molecule has 34 heavy (non-hydrogen) atoms. The van der Waals surface area contributed by atoms with Gasteiger partial charge < -0.3 is 0 Å². The third kappa shape index (κ3) is 4.32. The summed E-state index contributed by atoms with van der Waals surface area (Å²) in [6.45, 7) is 4.86. The Kier molecular flexibility index (Phi) is 5.91. The molecule has 2 aromatic heterocycles. The quantitative estimate of drug-likeness (QED) is 0.389. The monoisotopic (exact) mass is 450 g/mol. The molecule has 0 saturated heterocycles. The minimum atomic E-state index is -0.0200. The van der Waals surface area contributed by atoms with Gasteiger partial charge >= 0.3 is 5.69 Å². The third-order valence-electron chi connectivity index (χ3n) is 5.83. The minimum Gasteiger partial charge on any atom is -0.292 e. The van der Waals surface area contributed by atoms with Crippen molar-refractivity contribution in [2.75, 3.05) is 0 Å². The fourth-order valence-electron chi connectivity index (χ4n) is 4.23. The summed E-state index contributed by atoms with van der Waals surface area (Å²) in [5.41, 5.74) is 5.97. The summed E-state index contributed by atoms with van der Waals surface area (Å²) in [4.78, 5) is 13.3. The molecule has 0 spiro atoms. The maximum atomic E-state index is 13.3. The van der Waals surface area contributed by atoms with Crippen LogP contribution in [-0.4, -0.2) is 29.8 Å². The maximum Gasteiger partial charge on any atom is 0.333 e. The molecule has 0 bridgehead atoms. The van der Waals surface area contributed by atoms with E-state index in [1.807, 2.05) is 65.4 Å². The van der Waals surface area contributed by atoms with Crippen LogP contribution in [0.15, 0.2) is 89.9 Å². The van der Waals surface area contributed by atoms with Crippen LogP contribution >= 0.6 is 0 Å². The number of hydrogen-bond acceptors (Lipinski definition) is 4. The summed E-state index contributed by atoms with van der Waals surface area (Å²) in [5, 5.41) is 14.5. The Morgan fingerprint density at radius 1 is 0.882 bits per heavy atom. The van der Waals surface area contributed by atoms with Gasteiger partial charge in [-0.15, -0.1) is 10.2 Å². The van der Waals surface area contributed by atoms with Crippen LogP contribution in [-0.2, 0) is 13.0 Å². The summed E-state index contributed by atoms with van der Waals surface area (Å²) in [6.07, 6.45) is 2.82. The van der Waals surface area contributed by atoms with Crippen molar-refractivity contribution in [3.8, 4) is 28.2 Å². The number of nitrogens with one attached hydrogen (secondary N) is 1. The first-order valence-electron chi connectivity index (χ1n) is 11.4. The Morgan fingerprint density at radius 2 is 1.59 bits per heavy atom. The largest absolute Gasteiger partial charge is 0.333 e. The van der Waals surface area contributed by atoms with Crippen LogP contribution in [0.5, 0.6) is 0 Å². The van der Waals surface area contributed by atoms with Crippen molar-refractivity contribution in [2.24, 2.45) is 5.92 Å². The van der Waals surface area contributed by atoms with Crippen LogP contribution in [0.3, 0.4) is 0 Å². The molecule has 5 aromatic rings. The highest BCUT2D eigenvalue weighted by Gasteiger charge is 2.15. The van der Waals surface area contributed by atoms with Crippen molar-refractivity contribution in [2.45, 2.75) is 26.8 Å². The molecular formula is C27H26N6O. The van der Waals surface area contributed by atoms with Crippen molar-refractivity contribution in [1.29, 1.82) is 0 Å². The van der Waals surface area contributed by atoms with E-state index >= 15 is 0 Å². The fourth-order valence-corrected chi connectivity index (χ4v) is 4.23. The Hall–Kier alpha value is -4.26. The Labute approximate surface area is 197 Å². The topological polar surface area (TPSA) is 81.4 Å². The number of aromatic amines is 1. The average Bonchev–Trinajstić information content (AvgIpc) is 3.50. The molecule has 0 fully saturated rings. The molecule has 0 unspecified atom stereocenters. The molecular weight excluding hydrogens is 424 g/mol. The summed E-state index contributed by atoms with van der Waals surface area (Å²) < 4.78 is 3.63. The second kappa shape index (κ2) is 9.31. The molecule has 0 saturated carbocycles. The highest BCUT2D eigenvalue weighted by atomic mass is 16.1. The van der Waals surface area contributed by atoms with Gasteiger partial charge in [0.15, 0.2) is 0 Å². The number of tetrazole rings is 1. The predicted octanol–water partition coefficient (Wildman–Crippen LogP) is 4.73. The number of rotatable bonds is 7. The zero-order valence-electron chi connectivity index (χ0n) is 19.2. The second-order valence-electron chi connectivity index (χ2n) is 8.77. The van der Waals surface area contributed by atoms with E-state index in [0.29, 0.717) is 18.3 Å². The molecule has 2 heterocycles. The van der Waals surface area contributed by atoms with Crippen LogP contribution in [0.2, 0.25) is 0 Å². The molecule has 3 aromatic carbocycles. The first kappa shape index (κ1) is 21.6. The van der Waals surface area contributed by atoms with Crippen LogP contribution in [0.1, 0.15) is 25.1 Å². The number of para-hydroxylation sites is 1. The Morgan fingerprint density at radius 3 is 2.26 bits per heavy atom. The molecule has 5 rings (SSSR count). The van der Waals surface area contributed by atoms with E-state index in [2.05, 4.69) is 58.7 Å². The standard InChI is InChI=1S/C27H26N6O/c1-19(2)16-23-18-33(22-8-4-3-5-9-22)27(34)32(23)17-20-12-14-21(15-13-20)24-10-6-7-11-25(24)26-28-30-31-29-26/h3-15,18-19H,16-17H2,1-2H3,(H,28,29,30,31). The van der Waals surface area contributed by atoms with Crippen LogP contribution in [0.4, 0.5) is 0 Å². The minimum absolute atomic E-state index is 0.0200. The Bertz CT molecular complexity index is 1430. The number of aromatic nitrogens is 6. The molecule has 1 N–H and O–H groups in total. The summed E-state index contributed by atoms with van der Waals surface area (Å²) in [7, 11) is 0. The summed E-state index contributed by atoms with van der Waals surface area (Å²) in [6, 6.07) is 26.1. The van der Waals surface area contributed by atoms with Gasteiger partial charge in [0.2, 0.25) is 5.82 Å². The molecule has 7 nitrogen and oxygen atoms in total. The van der Waals surface area contributed by atoms with Gasteiger partial charge in [0.05, 0.1) is 12.2 Å². The van der Waals surface area contributed by atoms with E-state index in [0.717, 1.165) is 40.1 Å². The molecule has 0 aliphatic heterocycles. The highest BCUT2D eigenvalue weighted by Crippen LogP contribution is 2.29.